The predicted molar refractivity (Wildman–Crippen MR) is 98.9 cm³/mol. The Kier molecular flexibility index (Phi) is 5.59. The molecule has 5 nitrogen and oxygen atoms in total. The molecule has 0 aliphatic rings. The lowest BCUT2D eigenvalue weighted by Gasteiger charge is -2.23. The van der Waals surface area contributed by atoms with Crippen LogP contribution in [-0.4, -0.2) is 17.6 Å². The van der Waals surface area contributed by atoms with Crippen molar-refractivity contribution in [1.82, 2.24) is 0 Å². The zero-order valence-corrected chi connectivity index (χ0v) is 15.0. The van der Waals surface area contributed by atoms with E-state index in [1.165, 1.54) is 20.8 Å². The summed E-state index contributed by atoms with van der Waals surface area (Å²) in [4.78, 5) is 36.2. The van der Waals surface area contributed by atoms with Crippen LogP contribution in [-0.2, 0) is 9.59 Å². The van der Waals surface area contributed by atoms with Crippen molar-refractivity contribution in [2.24, 2.45) is 5.41 Å². The minimum atomic E-state index is -1.30. The molecular formula is C19H19ClN2O3. The Morgan fingerprint density at radius 1 is 0.880 bits per heavy atom. The highest BCUT2D eigenvalue weighted by molar-refractivity contribution is 6.31. The molecule has 0 unspecified atom stereocenters. The summed E-state index contributed by atoms with van der Waals surface area (Å²) in [7, 11) is 0. The molecule has 2 aromatic carbocycles. The Balaban J connectivity index is 2.07. The first-order valence-electron chi connectivity index (χ1n) is 7.69. The van der Waals surface area contributed by atoms with E-state index in [0.717, 1.165) is 0 Å². The molecule has 0 spiro atoms. The van der Waals surface area contributed by atoms with Crippen molar-refractivity contribution >= 4 is 40.6 Å². The van der Waals surface area contributed by atoms with Gasteiger partial charge in [-0.15, -0.1) is 0 Å². The highest BCUT2D eigenvalue weighted by atomic mass is 35.5. The lowest BCUT2D eigenvalue weighted by Crippen LogP contribution is -2.41. The topological polar surface area (TPSA) is 75.3 Å². The second-order valence-electron chi connectivity index (χ2n) is 6.18. The second-order valence-corrected chi connectivity index (χ2v) is 6.61. The van der Waals surface area contributed by atoms with Crippen LogP contribution in [0.5, 0.6) is 0 Å². The molecule has 2 rings (SSSR count). The number of hydrogen-bond donors (Lipinski definition) is 2. The number of hydrogen-bond acceptors (Lipinski definition) is 3. The number of rotatable bonds is 5. The molecule has 0 bridgehead atoms. The molecule has 2 aromatic rings. The van der Waals surface area contributed by atoms with Crippen LogP contribution >= 0.6 is 11.6 Å². The van der Waals surface area contributed by atoms with Crippen LogP contribution in [0.3, 0.4) is 0 Å². The number of anilines is 2. The van der Waals surface area contributed by atoms with Crippen molar-refractivity contribution < 1.29 is 14.4 Å². The predicted octanol–water partition coefficient (Wildman–Crippen LogP) is 4.15. The van der Waals surface area contributed by atoms with E-state index < -0.39 is 17.2 Å². The molecule has 6 heteroatoms. The summed E-state index contributed by atoms with van der Waals surface area (Å²) >= 11 is 5.89. The standard InChI is InChI=1S/C19H19ClN2O3/c1-12(23)13-7-9-15(10-8-13)21-17(24)19(2,3)18(25)22-16-6-4-5-14(20)11-16/h4-11H,1-3H3,(H,21,24)(H,22,25). The summed E-state index contributed by atoms with van der Waals surface area (Å²) in [5.74, 6) is -0.964. The van der Waals surface area contributed by atoms with Crippen LogP contribution in [0.2, 0.25) is 5.02 Å². The monoisotopic (exact) mass is 358 g/mol. The van der Waals surface area contributed by atoms with E-state index in [2.05, 4.69) is 10.6 Å². The van der Waals surface area contributed by atoms with Crippen molar-refractivity contribution in [1.29, 1.82) is 0 Å². The maximum absolute atomic E-state index is 12.5. The van der Waals surface area contributed by atoms with E-state index in [1.54, 1.807) is 48.5 Å². The van der Waals surface area contributed by atoms with Crippen LogP contribution in [0.4, 0.5) is 11.4 Å². The third kappa shape index (κ3) is 4.67. The van der Waals surface area contributed by atoms with Crippen molar-refractivity contribution in [2.45, 2.75) is 20.8 Å². The highest BCUT2D eigenvalue weighted by Crippen LogP contribution is 2.23. The Hall–Kier alpha value is -2.66. The number of nitrogens with one attached hydrogen (secondary N) is 2. The van der Waals surface area contributed by atoms with Crippen molar-refractivity contribution in [3.05, 3.63) is 59.1 Å². The first kappa shape index (κ1) is 18.7. The number of carbonyl (C=O) groups is 3. The van der Waals surface area contributed by atoms with Gasteiger partial charge in [-0.3, -0.25) is 14.4 Å². The molecule has 0 aliphatic carbocycles. The minimum Gasteiger partial charge on any atom is -0.325 e. The fraction of sp³-hybridized carbons (Fsp3) is 0.211. The molecule has 0 aromatic heterocycles. The van der Waals surface area contributed by atoms with E-state index in [-0.39, 0.29) is 5.78 Å². The van der Waals surface area contributed by atoms with Gasteiger partial charge in [0, 0.05) is 22.0 Å². The minimum absolute atomic E-state index is 0.0564. The molecule has 2 amide bonds. The van der Waals surface area contributed by atoms with E-state index >= 15 is 0 Å². The SMILES string of the molecule is CC(=O)c1ccc(NC(=O)C(C)(C)C(=O)Nc2cccc(Cl)c2)cc1. The van der Waals surface area contributed by atoms with E-state index in [9.17, 15) is 14.4 Å². The number of Topliss-reactive ketones (excluding diaryl/α,β-unsaturated/α-hetero) is 1. The number of ketones is 1. The van der Waals surface area contributed by atoms with E-state index in [1.807, 2.05) is 0 Å². The van der Waals surface area contributed by atoms with E-state index in [0.29, 0.717) is 22.0 Å². The van der Waals surface area contributed by atoms with Gasteiger partial charge in [0.25, 0.3) is 0 Å². The summed E-state index contributed by atoms with van der Waals surface area (Å²) in [5, 5.41) is 5.87. The molecular weight excluding hydrogens is 340 g/mol. The highest BCUT2D eigenvalue weighted by Gasteiger charge is 2.36. The molecule has 0 aliphatic heterocycles. The Bertz CT molecular complexity index is 814. The normalized spacial score (nSPS) is 10.9. The smallest absolute Gasteiger partial charge is 0.239 e. The van der Waals surface area contributed by atoms with Crippen LogP contribution in [0.25, 0.3) is 0 Å². The number of amides is 2. The zero-order valence-electron chi connectivity index (χ0n) is 14.2. The van der Waals surface area contributed by atoms with Crippen molar-refractivity contribution in [2.75, 3.05) is 10.6 Å². The van der Waals surface area contributed by atoms with Gasteiger partial charge in [-0.05, 0) is 63.2 Å². The third-order valence-corrected chi connectivity index (χ3v) is 4.00. The fourth-order valence-electron chi connectivity index (χ4n) is 2.03. The maximum Gasteiger partial charge on any atom is 0.239 e. The first-order valence-corrected chi connectivity index (χ1v) is 8.07. The van der Waals surface area contributed by atoms with Gasteiger partial charge in [-0.1, -0.05) is 17.7 Å². The van der Waals surface area contributed by atoms with Gasteiger partial charge in [0.05, 0.1) is 0 Å². The van der Waals surface area contributed by atoms with Crippen molar-refractivity contribution in [3.63, 3.8) is 0 Å². The zero-order chi connectivity index (χ0) is 18.6. The van der Waals surface area contributed by atoms with E-state index in [4.69, 9.17) is 11.6 Å². The van der Waals surface area contributed by atoms with Gasteiger partial charge in [0.15, 0.2) is 5.78 Å². The quantitative estimate of drug-likeness (QED) is 0.622. The van der Waals surface area contributed by atoms with Gasteiger partial charge in [-0.2, -0.15) is 0 Å². The van der Waals surface area contributed by atoms with Crippen LogP contribution in [0.15, 0.2) is 48.5 Å². The van der Waals surface area contributed by atoms with Crippen LogP contribution in [0, 0.1) is 5.41 Å². The average molecular weight is 359 g/mol. The van der Waals surface area contributed by atoms with Crippen LogP contribution < -0.4 is 10.6 Å². The number of benzene rings is 2. The molecule has 2 N–H and O–H groups in total. The lowest BCUT2D eigenvalue weighted by molar-refractivity contribution is -0.135. The molecule has 0 saturated carbocycles. The summed E-state index contributed by atoms with van der Waals surface area (Å²) in [5.41, 5.74) is 0.278. The molecule has 0 saturated heterocycles. The van der Waals surface area contributed by atoms with Gasteiger partial charge in [0.1, 0.15) is 5.41 Å². The molecule has 130 valence electrons. The van der Waals surface area contributed by atoms with Gasteiger partial charge in [0.2, 0.25) is 11.8 Å². The summed E-state index contributed by atoms with van der Waals surface area (Å²) < 4.78 is 0. The van der Waals surface area contributed by atoms with Gasteiger partial charge < -0.3 is 10.6 Å². The Labute approximate surface area is 151 Å². The molecule has 0 atom stereocenters. The third-order valence-electron chi connectivity index (χ3n) is 3.77. The molecule has 25 heavy (non-hydrogen) atoms. The largest absolute Gasteiger partial charge is 0.325 e. The second kappa shape index (κ2) is 7.49. The number of carbonyl (C=O) groups excluding carboxylic acids is 3. The molecule has 0 radical (unpaired) electrons. The first-order chi connectivity index (χ1) is 11.7. The summed E-state index contributed by atoms with van der Waals surface area (Å²) in [6.07, 6.45) is 0. The van der Waals surface area contributed by atoms with Gasteiger partial charge in [-0.25, -0.2) is 0 Å². The molecule has 0 heterocycles. The average Bonchev–Trinajstić information content (AvgIpc) is 2.55. The lowest BCUT2D eigenvalue weighted by atomic mass is 9.90. The summed E-state index contributed by atoms with van der Waals surface area (Å²) in [6, 6.07) is 13.2. The van der Waals surface area contributed by atoms with Gasteiger partial charge >= 0.3 is 0 Å². The Morgan fingerprint density at radius 2 is 1.44 bits per heavy atom. The molecule has 0 fully saturated rings. The maximum atomic E-state index is 12.5. The Morgan fingerprint density at radius 3 is 1.96 bits per heavy atom. The van der Waals surface area contributed by atoms with Crippen molar-refractivity contribution in [3.8, 4) is 0 Å². The fourth-order valence-corrected chi connectivity index (χ4v) is 2.22. The van der Waals surface area contributed by atoms with Crippen LogP contribution in [0.1, 0.15) is 31.1 Å². The summed E-state index contributed by atoms with van der Waals surface area (Å²) in [6.45, 7) is 4.54. The number of halogens is 1.